The molecule has 1 aromatic carbocycles. The quantitative estimate of drug-likeness (QED) is 0.554. The van der Waals surface area contributed by atoms with E-state index in [9.17, 15) is 19.8 Å². The molecule has 1 rings (SSSR count). The van der Waals surface area contributed by atoms with Gasteiger partial charge in [0.1, 0.15) is 11.6 Å². The molecule has 0 fully saturated rings. The van der Waals surface area contributed by atoms with Gasteiger partial charge in [0.15, 0.2) is 0 Å². The first-order chi connectivity index (χ1) is 10.2. The number of carbonyl (C=O) groups is 2. The summed E-state index contributed by atoms with van der Waals surface area (Å²) in [6, 6.07) is 6.86. The van der Waals surface area contributed by atoms with Crippen molar-refractivity contribution in [1.82, 2.24) is 5.32 Å². The summed E-state index contributed by atoms with van der Waals surface area (Å²) in [6.07, 6.45) is -2.54. The molecule has 1 unspecified atom stereocenters. The Bertz CT molecular complexity index is 497. The van der Waals surface area contributed by atoms with E-state index in [2.05, 4.69) is 5.32 Å². The summed E-state index contributed by atoms with van der Waals surface area (Å²) in [5.74, 6) is -0.766. The molecule has 0 saturated heterocycles. The molecule has 0 aliphatic rings. The van der Waals surface area contributed by atoms with Crippen LogP contribution in [-0.2, 0) is 9.47 Å². The summed E-state index contributed by atoms with van der Waals surface area (Å²) in [5, 5.41) is 21.3. The highest BCUT2D eigenvalue weighted by molar-refractivity contribution is 5.89. The van der Waals surface area contributed by atoms with E-state index in [0.29, 0.717) is 0 Å². The van der Waals surface area contributed by atoms with Crippen molar-refractivity contribution in [2.75, 3.05) is 6.61 Å². The van der Waals surface area contributed by atoms with Crippen LogP contribution in [0.4, 0.5) is 4.79 Å². The third kappa shape index (κ3) is 6.11. The van der Waals surface area contributed by atoms with E-state index in [1.54, 1.807) is 39.0 Å². The van der Waals surface area contributed by atoms with Crippen molar-refractivity contribution in [2.45, 2.75) is 38.7 Å². The maximum absolute atomic E-state index is 11.8. The van der Waals surface area contributed by atoms with Crippen molar-refractivity contribution in [1.29, 1.82) is 0 Å². The molecule has 1 aromatic rings. The Hall–Kier alpha value is -2.12. The van der Waals surface area contributed by atoms with E-state index >= 15 is 0 Å². The van der Waals surface area contributed by atoms with Crippen molar-refractivity contribution in [3.63, 3.8) is 0 Å². The fourth-order valence-electron chi connectivity index (χ4n) is 1.50. The Morgan fingerprint density at radius 1 is 1.23 bits per heavy atom. The van der Waals surface area contributed by atoms with Gasteiger partial charge >= 0.3 is 12.1 Å². The second kappa shape index (κ2) is 7.77. The van der Waals surface area contributed by atoms with Crippen LogP contribution in [-0.4, -0.2) is 46.8 Å². The average Bonchev–Trinajstić information content (AvgIpc) is 2.43. The lowest BCUT2D eigenvalue weighted by Crippen LogP contribution is -2.49. The predicted octanol–water partition coefficient (Wildman–Crippen LogP) is 1.05. The van der Waals surface area contributed by atoms with Crippen molar-refractivity contribution < 1.29 is 29.3 Å². The monoisotopic (exact) mass is 311 g/mol. The number of benzene rings is 1. The molecular formula is C15H21NO6. The minimum Gasteiger partial charge on any atom is -0.444 e. The first-order valence-corrected chi connectivity index (χ1v) is 6.77. The van der Waals surface area contributed by atoms with Crippen molar-refractivity contribution in [2.24, 2.45) is 0 Å². The Morgan fingerprint density at radius 2 is 1.82 bits per heavy atom. The molecule has 0 radical (unpaired) electrons. The molecule has 22 heavy (non-hydrogen) atoms. The van der Waals surface area contributed by atoms with Crippen LogP contribution in [0, 0.1) is 0 Å². The third-order valence-corrected chi connectivity index (χ3v) is 2.48. The average molecular weight is 311 g/mol. The lowest BCUT2D eigenvalue weighted by Gasteiger charge is -2.25. The molecule has 0 saturated carbocycles. The second-order valence-electron chi connectivity index (χ2n) is 5.60. The predicted molar refractivity (Wildman–Crippen MR) is 78.1 cm³/mol. The summed E-state index contributed by atoms with van der Waals surface area (Å²) < 4.78 is 9.80. The van der Waals surface area contributed by atoms with Gasteiger partial charge in [-0.15, -0.1) is 0 Å². The van der Waals surface area contributed by atoms with E-state index in [-0.39, 0.29) is 5.56 Å². The zero-order chi connectivity index (χ0) is 16.8. The molecule has 7 heteroatoms. The molecule has 3 N–H and O–H groups in total. The van der Waals surface area contributed by atoms with Gasteiger partial charge in [0.2, 0.25) is 6.29 Å². The number of rotatable bonds is 5. The van der Waals surface area contributed by atoms with Gasteiger partial charge in [-0.2, -0.15) is 0 Å². The van der Waals surface area contributed by atoms with Crippen molar-refractivity contribution >= 4 is 12.1 Å². The zero-order valence-electron chi connectivity index (χ0n) is 12.8. The topological polar surface area (TPSA) is 105 Å². The van der Waals surface area contributed by atoms with Gasteiger partial charge in [-0.1, -0.05) is 18.2 Å². The highest BCUT2D eigenvalue weighted by Gasteiger charge is 2.27. The molecule has 0 aliphatic carbocycles. The number of alkyl carbamates (subject to hydrolysis) is 1. The van der Waals surface area contributed by atoms with Gasteiger partial charge in [-0.05, 0) is 32.9 Å². The second-order valence-corrected chi connectivity index (χ2v) is 5.60. The Labute approximate surface area is 128 Å². The standard InChI is InChI=1S/C15H21NO6/c1-15(2,3)22-14(20)16-11(9-17)13(19)21-12(18)10-7-5-4-6-8-10/h4-8,11,13,17,19H,9H2,1-3H3,(H,16,20)/t11-,13?/m1/s1. The Kier molecular flexibility index (Phi) is 6.33. The van der Waals surface area contributed by atoms with Crippen LogP contribution < -0.4 is 5.32 Å². The van der Waals surface area contributed by atoms with E-state index in [0.717, 1.165) is 0 Å². The summed E-state index contributed by atoms with van der Waals surface area (Å²) in [5.41, 5.74) is -0.481. The number of hydrogen-bond donors (Lipinski definition) is 3. The summed E-state index contributed by atoms with van der Waals surface area (Å²) >= 11 is 0. The van der Waals surface area contributed by atoms with Gasteiger partial charge in [0.25, 0.3) is 0 Å². The van der Waals surface area contributed by atoms with Crippen LogP contribution in [0.3, 0.4) is 0 Å². The van der Waals surface area contributed by atoms with E-state index < -0.39 is 36.6 Å². The van der Waals surface area contributed by atoms with Crippen LogP contribution in [0.2, 0.25) is 0 Å². The van der Waals surface area contributed by atoms with Gasteiger partial charge in [0.05, 0.1) is 12.2 Å². The fourth-order valence-corrected chi connectivity index (χ4v) is 1.50. The lowest BCUT2D eigenvalue weighted by molar-refractivity contribution is -0.0932. The molecule has 0 spiro atoms. The maximum Gasteiger partial charge on any atom is 0.408 e. The van der Waals surface area contributed by atoms with E-state index in [1.807, 2.05) is 0 Å². The molecule has 0 heterocycles. The molecule has 7 nitrogen and oxygen atoms in total. The van der Waals surface area contributed by atoms with Gasteiger partial charge in [-0.3, -0.25) is 0 Å². The number of nitrogens with one attached hydrogen (secondary N) is 1. The number of esters is 1. The Balaban J connectivity index is 2.59. The molecular weight excluding hydrogens is 290 g/mol. The minimum atomic E-state index is -1.70. The third-order valence-electron chi connectivity index (χ3n) is 2.48. The van der Waals surface area contributed by atoms with E-state index in [1.165, 1.54) is 12.1 Å². The first-order valence-electron chi connectivity index (χ1n) is 6.77. The Morgan fingerprint density at radius 3 is 2.32 bits per heavy atom. The SMILES string of the molecule is CC(C)(C)OC(=O)N[C@H](CO)C(O)OC(=O)c1ccccc1. The molecule has 2 atom stereocenters. The van der Waals surface area contributed by atoms with Gasteiger partial charge in [0, 0.05) is 0 Å². The van der Waals surface area contributed by atoms with E-state index in [4.69, 9.17) is 9.47 Å². The largest absolute Gasteiger partial charge is 0.444 e. The van der Waals surface area contributed by atoms with Crippen LogP contribution in [0.1, 0.15) is 31.1 Å². The maximum atomic E-state index is 11.8. The van der Waals surface area contributed by atoms with Gasteiger partial charge < -0.3 is 25.0 Å². The molecule has 122 valence electrons. The number of hydrogen-bond acceptors (Lipinski definition) is 6. The van der Waals surface area contributed by atoms with Crippen molar-refractivity contribution in [3.8, 4) is 0 Å². The summed E-state index contributed by atoms with van der Waals surface area (Å²) in [4.78, 5) is 23.4. The van der Waals surface area contributed by atoms with Gasteiger partial charge in [-0.25, -0.2) is 9.59 Å². The highest BCUT2D eigenvalue weighted by atomic mass is 16.6. The highest BCUT2D eigenvalue weighted by Crippen LogP contribution is 2.08. The van der Waals surface area contributed by atoms with Crippen LogP contribution >= 0.6 is 0 Å². The van der Waals surface area contributed by atoms with Crippen LogP contribution in [0.5, 0.6) is 0 Å². The number of aliphatic hydroxyl groups is 2. The normalized spacial score (nSPS) is 13.9. The lowest BCUT2D eigenvalue weighted by atomic mass is 10.2. The van der Waals surface area contributed by atoms with Crippen LogP contribution in [0.15, 0.2) is 30.3 Å². The summed E-state index contributed by atoms with van der Waals surface area (Å²) in [6.45, 7) is 4.40. The zero-order valence-corrected chi connectivity index (χ0v) is 12.8. The first kappa shape index (κ1) is 17.9. The molecule has 1 amide bonds. The number of amides is 1. The molecule has 0 bridgehead atoms. The smallest absolute Gasteiger partial charge is 0.408 e. The number of ether oxygens (including phenoxy) is 2. The fraction of sp³-hybridized carbons (Fsp3) is 0.467. The number of carbonyl (C=O) groups excluding carboxylic acids is 2. The summed E-state index contributed by atoms with van der Waals surface area (Å²) in [7, 11) is 0. The van der Waals surface area contributed by atoms with Crippen molar-refractivity contribution in [3.05, 3.63) is 35.9 Å². The number of aliphatic hydroxyl groups excluding tert-OH is 2. The molecule has 0 aliphatic heterocycles. The van der Waals surface area contributed by atoms with Crippen LogP contribution in [0.25, 0.3) is 0 Å². The minimum absolute atomic E-state index is 0.246. The molecule has 0 aromatic heterocycles.